The summed E-state index contributed by atoms with van der Waals surface area (Å²) in [4.78, 5) is 21.8. The van der Waals surface area contributed by atoms with Crippen molar-refractivity contribution in [1.29, 1.82) is 0 Å². The van der Waals surface area contributed by atoms with Gasteiger partial charge in [-0.05, 0) is 12.0 Å². The molecule has 1 N–H and O–H groups in total. The highest BCUT2D eigenvalue weighted by Gasteiger charge is 2.43. The molecule has 8 heteroatoms. The number of alkyl halides is 2. The zero-order valence-corrected chi connectivity index (χ0v) is 11.5. The van der Waals surface area contributed by atoms with Crippen LogP contribution in [0.15, 0.2) is 12.5 Å². The highest BCUT2D eigenvalue weighted by molar-refractivity contribution is 5.85. The summed E-state index contributed by atoms with van der Waals surface area (Å²) in [6.07, 6.45) is 3.44. The summed E-state index contributed by atoms with van der Waals surface area (Å²) in [7, 11) is 0. The van der Waals surface area contributed by atoms with Crippen LogP contribution in [0, 0.1) is 0 Å². The number of hydrogen-bond acceptors (Lipinski definition) is 4. The molecule has 0 bridgehead atoms. The van der Waals surface area contributed by atoms with Crippen molar-refractivity contribution >= 4 is 18.3 Å². The van der Waals surface area contributed by atoms with Crippen molar-refractivity contribution in [3.63, 3.8) is 0 Å². The molecule has 1 saturated heterocycles. The lowest BCUT2D eigenvalue weighted by Crippen LogP contribution is -2.45. The summed E-state index contributed by atoms with van der Waals surface area (Å²) in [6.45, 7) is 0.486. The number of halogens is 3. The Bertz CT molecular complexity index is 514. The molecular formula is C12H15ClF2N4O. The van der Waals surface area contributed by atoms with Crippen LogP contribution in [0.5, 0.6) is 0 Å². The summed E-state index contributed by atoms with van der Waals surface area (Å²) in [5, 5.41) is 2.59. The van der Waals surface area contributed by atoms with Crippen molar-refractivity contribution in [3.05, 3.63) is 23.8 Å². The molecule has 2 aliphatic rings. The van der Waals surface area contributed by atoms with Crippen LogP contribution in [0.2, 0.25) is 0 Å². The minimum Gasteiger partial charge on any atom is -0.335 e. The number of carbonyl (C=O) groups excluding carboxylic acids is 1. The van der Waals surface area contributed by atoms with Crippen LogP contribution in [-0.2, 0) is 17.8 Å². The van der Waals surface area contributed by atoms with Gasteiger partial charge < -0.3 is 4.90 Å². The molecule has 0 saturated carbocycles. The molecule has 1 unspecified atom stereocenters. The molecule has 110 valence electrons. The zero-order chi connectivity index (χ0) is 13.5. The molecule has 20 heavy (non-hydrogen) atoms. The summed E-state index contributed by atoms with van der Waals surface area (Å²) in [5.41, 5.74) is 1.83. The van der Waals surface area contributed by atoms with Gasteiger partial charge in [0.05, 0.1) is 24.8 Å². The Morgan fingerprint density at radius 2 is 2.30 bits per heavy atom. The van der Waals surface area contributed by atoms with E-state index in [4.69, 9.17) is 0 Å². The standard InChI is InChI=1S/C12H14F2N4O.ClH/c13-12(14)3-9(16-6-12)11(19)18-2-1-8-4-15-7-17-10(8)5-18;/h4,7,9,16H,1-3,5-6H2;1H. The van der Waals surface area contributed by atoms with Gasteiger partial charge in [0.25, 0.3) is 5.92 Å². The first kappa shape index (κ1) is 15.1. The predicted molar refractivity (Wildman–Crippen MR) is 69.8 cm³/mol. The van der Waals surface area contributed by atoms with Gasteiger partial charge in [0.1, 0.15) is 6.33 Å². The fourth-order valence-electron chi connectivity index (χ4n) is 2.55. The molecule has 3 heterocycles. The van der Waals surface area contributed by atoms with E-state index in [0.29, 0.717) is 19.5 Å². The monoisotopic (exact) mass is 304 g/mol. The van der Waals surface area contributed by atoms with Crippen molar-refractivity contribution in [3.8, 4) is 0 Å². The van der Waals surface area contributed by atoms with Gasteiger partial charge in [-0.2, -0.15) is 0 Å². The third kappa shape index (κ3) is 2.88. The van der Waals surface area contributed by atoms with E-state index in [9.17, 15) is 13.6 Å². The van der Waals surface area contributed by atoms with E-state index >= 15 is 0 Å². The fraction of sp³-hybridized carbons (Fsp3) is 0.583. The summed E-state index contributed by atoms with van der Waals surface area (Å²) in [6, 6.07) is -0.779. The maximum absolute atomic E-state index is 13.1. The Hall–Kier alpha value is -1.34. The molecule has 3 rings (SSSR count). The van der Waals surface area contributed by atoms with Gasteiger partial charge in [-0.15, -0.1) is 12.4 Å². The number of fused-ring (bicyclic) bond motifs is 1. The zero-order valence-electron chi connectivity index (χ0n) is 10.7. The van der Waals surface area contributed by atoms with Crippen LogP contribution in [0.25, 0.3) is 0 Å². The van der Waals surface area contributed by atoms with Crippen molar-refractivity contribution in [2.45, 2.75) is 31.4 Å². The first-order chi connectivity index (χ1) is 9.05. The third-order valence-electron chi connectivity index (χ3n) is 3.59. The molecule has 0 radical (unpaired) electrons. The number of nitrogens with zero attached hydrogens (tertiary/aromatic N) is 3. The Labute approximate surface area is 121 Å². The summed E-state index contributed by atoms with van der Waals surface area (Å²) < 4.78 is 26.2. The van der Waals surface area contributed by atoms with Crippen LogP contribution in [0.3, 0.4) is 0 Å². The van der Waals surface area contributed by atoms with Crippen molar-refractivity contribution in [2.24, 2.45) is 0 Å². The number of rotatable bonds is 1. The molecule has 0 aromatic carbocycles. The average Bonchev–Trinajstić information content (AvgIpc) is 2.78. The van der Waals surface area contributed by atoms with Crippen molar-refractivity contribution in [1.82, 2.24) is 20.2 Å². The fourth-order valence-corrected chi connectivity index (χ4v) is 2.55. The van der Waals surface area contributed by atoms with Gasteiger partial charge in [-0.25, -0.2) is 18.7 Å². The van der Waals surface area contributed by atoms with Crippen LogP contribution < -0.4 is 5.32 Å². The van der Waals surface area contributed by atoms with E-state index in [1.807, 2.05) is 0 Å². The number of hydrogen-bond donors (Lipinski definition) is 1. The van der Waals surface area contributed by atoms with E-state index in [-0.39, 0.29) is 18.3 Å². The lowest BCUT2D eigenvalue weighted by Gasteiger charge is -2.29. The minimum absolute atomic E-state index is 0. The lowest BCUT2D eigenvalue weighted by atomic mass is 10.1. The van der Waals surface area contributed by atoms with Crippen LogP contribution in [0.1, 0.15) is 17.7 Å². The molecular weight excluding hydrogens is 290 g/mol. The van der Waals surface area contributed by atoms with E-state index < -0.39 is 24.9 Å². The number of carbonyl (C=O) groups is 1. The Kier molecular flexibility index (Phi) is 4.19. The van der Waals surface area contributed by atoms with Crippen LogP contribution >= 0.6 is 12.4 Å². The van der Waals surface area contributed by atoms with Crippen molar-refractivity contribution < 1.29 is 13.6 Å². The van der Waals surface area contributed by atoms with Gasteiger partial charge in [-0.1, -0.05) is 0 Å². The van der Waals surface area contributed by atoms with Crippen LogP contribution in [0.4, 0.5) is 8.78 Å². The minimum atomic E-state index is -2.78. The molecule has 1 aromatic rings. The number of aromatic nitrogens is 2. The Morgan fingerprint density at radius 1 is 1.50 bits per heavy atom. The Morgan fingerprint density at radius 3 is 3.00 bits per heavy atom. The maximum Gasteiger partial charge on any atom is 0.262 e. The first-order valence-corrected chi connectivity index (χ1v) is 6.23. The second-order valence-electron chi connectivity index (χ2n) is 5.00. The van der Waals surface area contributed by atoms with Gasteiger partial charge in [-0.3, -0.25) is 10.1 Å². The number of nitrogens with one attached hydrogen (secondary N) is 1. The van der Waals surface area contributed by atoms with E-state index in [1.54, 1.807) is 11.1 Å². The highest BCUT2D eigenvalue weighted by Crippen LogP contribution is 2.27. The van der Waals surface area contributed by atoms with E-state index in [1.165, 1.54) is 6.33 Å². The largest absolute Gasteiger partial charge is 0.335 e. The van der Waals surface area contributed by atoms with Gasteiger partial charge in [0.15, 0.2) is 0 Å². The predicted octanol–water partition coefficient (Wildman–Crippen LogP) is 0.780. The van der Waals surface area contributed by atoms with Gasteiger partial charge in [0, 0.05) is 19.2 Å². The molecule has 1 atom stereocenters. The van der Waals surface area contributed by atoms with Gasteiger partial charge in [0.2, 0.25) is 5.91 Å². The molecule has 5 nitrogen and oxygen atoms in total. The quantitative estimate of drug-likeness (QED) is 0.833. The highest BCUT2D eigenvalue weighted by atomic mass is 35.5. The smallest absolute Gasteiger partial charge is 0.262 e. The normalized spacial score (nSPS) is 23.9. The first-order valence-electron chi connectivity index (χ1n) is 6.23. The van der Waals surface area contributed by atoms with Gasteiger partial charge >= 0.3 is 0 Å². The molecule has 0 aliphatic carbocycles. The van der Waals surface area contributed by atoms with Crippen molar-refractivity contribution in [2.75, 3.05) is 13.1 Å². The molecule has 2 aliphatic heterocycles. The molecule has 1 amide bonds. The van der Waals surface area contributed by atoms with E-state index in [0.717, 1.165) is 11.3 Å². The van der Waals surface area contributed by atoms with E-state index in [2.05, 4.69) is 15.3 Å². The molecule has 1 fully saturated rings. The molecule has 0 spiro atoms. The van der Waals surface area contributed by atoms with Crippen LogP contribution in [-0.4, -0.2) is 45.8 Å². The average molecular weight is 305 g/mol. The molecule has 1 aromatic heterocycles. The second-order valence-corrected chi connectivity index (χ2v) is 5.00. The Balaban J connectivity index is 0.00000147. The second kappa shape index (κ2) is 5.57. The summed E-state index contributed by atoms with van der Waals surface area (Å²) >= 11 is 0. The third-order valence-corrected chi connectivity index (χ3v) is 3.59. The SMILES string of the molecule is Cl.O=C(C1CC(F)(F)CN1)N1CCc2cncnc2C1. The lowest BCUT2D eigenvalue weighted by molar-refractivity contribution is -0.134. The summed E-state index contributed by atoms with van der Waals surface area (Å²) in [5.74, 6) is -3.04. The maximum atomic E-state index is 13.1. The topological polar surface area (TPSA) is 58.1 Å². The number of amides is 1.